The maximum absolute atomic E-state index is 14.4. The molecule has 0 spiro atoms. The molecule has 1 saturated heterocycles. The van der Waals surface area contributed by atoms with Crippen molar-refractivity contribution < 1.29 is 37.9 Å². The zero-order valence-corrected chi connectivity index (χ0v) is 30.6. The molecule has 0 aliphatic carbocycles. The van der Waals surface area contributed by atoms with Crippen molar-refractivity contribution in [2.75, 3.05) is 43.9 Å². The summed E-state index contributed by atoms with van der Waals surface area (Å²) in [6, 6.07) is 7.79. The average Bonchev–Trinajstić information content (AvgIpc) is 3.69. The normalized spacial score (nSPS) is 22.1. The molecule has 0 saturated carbocycles. The van der Waals surface area contributed by atoms with Crippen molar-refractivity contribution in [1.82, 2.24) is 35.1 Å². The van der Waals surface area contributed by atoms with Crippen LogP contribution in [0.4, 0.5) is 15.9 Å². The van der Waals surface area contributed by atoms with E-state index in [0.717, 1.165) is 4.90 Å². The molecule has 4 N–H and O–H groups in total. The Balaban J connectivity index is 0.977. The smallest absolute Gasteiger partial charge is 0.264 e. The number of ether oxygens (including phenoxy) is 1. The van der Waals surface area contributed by atoms with Crippen molar-refractivity contribution in [3.8, 4) is 5.75 Å². The number of imide groups is 2. The number of carbonyl (C=O) groups excluding carboxylic acids is 6. The van der Waals surface area contributed by atoms with E-state index in [9.17, 15) is 33.2 Å². The van der Waals surface area contributed by atoms with E-state index in [2.05, 4.69) is 26.4 Å². The van der Waals surface area contributed by atoms with Crippen LogP contribution in [0.15, 0.2) is 48.7 Å². The fourth-order valence-corrected chi connectivity index (χ4v) is 7.28. The number of aromatic nitrogens is 2. The lowest BCUT2D eigenvalue weighted by molar-refractivity contribution is -0.136. The van der Waals surface area contributed by atoms with Crippen LogP contribution < -0.4 is 26.0 Å². The molecule has 288 valence electrons. The molecule has 5 heterocycles. The number of hydrogen-bond acceptors (Lipinski definition) is 11. The molecule has 4 aliphatic rings. The third-order valence-electron chi connectivity index (χ3n) is 10.2. The van der Waals surface area contributed by atoms with Crippen LogP contribution in [0.2, 0.25) is 0 Å². The summed E-state index contributed by atoms with van der Waals surface area (Å²) in [5.41, 5.74) is 1.70. The molecular weight excluding hydrogens is 713 g/mol. The number of nitrogens with zero attached hydrogens (tertiary/aromatic N) is 5. The number of nitrogens with one attached hydrogen (secondary N) is 4. The van der Waals surface area contributed by atoms with Crippen molar-refractivity contribution in [2.45, 2.75) is 63.9 Å². The third kappa shape index (κ3) is 7.51. The molecule has 4 atom stereocenters. The highest BCUT2D eigenvalue weighted by Gasteiger charge is 2.45. The Morgan fingerprint density at radius 2 is 1.89 bits per heavy atom. The Hall–Kier alpha value is -6.10. The van der Waals surface area contributed by atoms with Crippen LogP contribution in [-0.2, 0) is 14.4 Å². The van der Waals surface area contributed by atoms with E-state index in [1.165, 1.54) is 24.4 Å². The van der Waals surface area contributed by atoms with Crippen molar-refractivity contribution in [3.05, 3.63) is 76.7 Å². The highest BCUT2D eigenvalue weighted by molar-refractivity contribution is 6.25. The molecule has 1 aromatic heterocycles. The van der Waals surface area contributed by atoms with Crippen LogP contribution in [0.3, 0.4) is 0 Å². The van der Waals surface area contributed by atoms with Gasteiger partial charge in [0.1, 0.15) is 35.1 Å². The first kappa shape index (κ1) is 37.2. The molecule has 2 unspecified atom stereocenters. The Kier molecular flexibility index (Phi) is 10.4. The summed E-state index contributed by atoms with van der Waals surface area (Å²) in [6.07, 6.45) is 4.88. The summed E-state index contributed by atoms with van der Waals surface area (Å²) >= 11 is 0. The standard InChI is InChI=1S/C38H42FN9O7/c1-21-20-46(36(52)26-19-41-47-15-13-30(43-34(26)47)42-22(2)25-18-23(39)9-11-29(25)55-21)17-16-45(3)32(50)8-5-14-40-27-7-4-6-24-33(27)38(54)48(37(24)53)28-10-12-31(49)44-35(28)51/h4,6-7,9,11,13,15,18-19,21-22,28,30,40,42-43H,5,8,10,12,14,16-17,20H2,1-3H3,(H,44,49,51)/t21-,22+,28?,30?/m0/s1. The molecule has 55 heavy (non-hydrogen) atoms. The first-order valence-electron chi connectivity index (χ1n) is 18.3. The Morgan fingerprint density at radius 3 is 2.69 bits per heavy atom. The van der Waals surface area contributed by atoms with E-state index >= 15 is 0 Å². The summed E-state index contributed by atoms with van der Waals surface area (Å²) in [7, 11) is 1.66. The van der Waals surface area contributed by atoms with Crippen molar-refractivity contribution in [1.29, 1.82) is 0 Å². The SMILES string of the molecule is C[C@H]1CN(CCN(C)C(=O)CCCNc2cccc3c2C(=O)N(C2CCC(=O)NC2=O)C3=O)C(=O)c2cnn3c2NC(C=C3)N[C@H](C)c2cc(F)ccc2O1. The second-order valence-corrected chi connectivity index (χ2v) is 14.1. The first-order valence-corrected chi connectivity index (χ1v) is 18.3. The van der Waals surface area contributed by atoms with Crippen LogP contribution >= 0.6 is 0 Å². The van der Waals surface area contributed by atoms with Crippen molar-refractivity contribution >= 4 is 53.1 Å². The maximum atomic E-state index is 14.4. The molecule has 1 fully saturated rings. The van der Waals surface area contributed by atoms with Gasteiger partial charge < -0.3 is 25.2 Å². The van der Waals surface area contributed by atoms with Gasteiger partial charge in [-0.2, -0.15) is 5.10 Å². The molecule has 6 amide bonds. The fourth-order valence-electron chi connectivity index (χ4n) is 7.28. The summed E-state index contributed by atoms with van der Waals surface area (Å²) < 4.78 is 22.2. The second kappa shape index (κ2) is 15.3. The van der Waals surface area contributed by atoms with Gasteiger partial charge in [0.2, 0.25) is 17.7 Å². The number of piperidine rings is 1. The number of benzene rings is 2. The zero-order chi connectivity index (χ0) is 39.0. The van der Waals surface area contributed by atoms with E-state index < -0.39 is 41.6 Å². The minimum Gasteiger partial charge on any atom is -0.489 e. The predicted molar refractivity (Wildman–Crippen MR) is 197 cm³/mol. The third-order valence-corrected chi connectivity index (χ3v) is 10.2. The molecule has 16 nitrogen and oxygen atoms in total. The van der Waals surface area contributed by atoms with Crippen molar-refractivity contribution in [2.24, 2.45) is 0 Å². The maximum Gasteiger partial charge on any atom is 0.264 e. The van der Waals surface area contributed by atoms with Crippen LogP contribution in [0.1, 0.15) is 82.2 Å². The summed E-state index contributed by atoms with van der Waals surface area (Å²) in [5, 5.41) is 16.4. The van der Waals surface area contributed by atoms with Crippen LogP contribution in [0.5, 0.6) is 5.75 Å². The van der Waals surface area contributed by atoms with Crippen molar-refractivity contribution in [3.63, 3.8) is 0 Å². The van der Waals surface area contributed by atoms with Crippen LogP contribution in [0.25, 0.3) is 6.20 Å². The highest BCUT2D eigenvalue weighted by Crippen LogP contribution is 2.33. The number of hydrogen-bond donors (Lipinski definition) is 4. The molecule has 3 aromatic rings. The van der Waals surface area contributed by atoms with E-state index in [1.807, 2.05) is 19.9 Å². The van der Waals surface area contributed by atoms with Gasteiger partial charge in [0.15, 0.2) is 0 Å². The van der Waals surface area contributed by atoms with Crippen LogP contribution in [-0.4, -0.2) is 111 Å². The number of rotatable bonds is 9. The van der Waals surface area contributed by atoms with E-state index in [1.54, 1.807) is 45.9 Å². The number of likely N-dealkylation sites (N-methyl/N-ethyl adjacent to an activating group) is 1. The quantitative estimate of drug-likeness (QED) is 0.186. The number of carbonyl (C=O) groups is 6. The lowest BCUT2D eigenvalue weighted by Crippen LogP contribution is -2.54. The lowest BCUT2D eigenvalue weighted by Gasteiger charge is -2.29. The lowest BCUT2D eigenvalue weighted by atomic mass is 10.0. The van der Waals surface area contributed by atoms with Gasteiger partial charge in [-0.25, -0.2) is 9.07 Å². The topological polar surface area (TPSA) is 187 Å². The predicted octanol–water partition coefficient (Wildman–Crippen LogP) is 2.57. The van der Waals surface area contributed by atoms with Gasteiger partial charge in [-0.1, -0.05) is 6.07 Å². The molecule has 4 aliphatic heterocycles. The van der Waals surface area contributed by atoms with E-state index in [-0.39, 0.29) is 74.0 Å². The number of halogens is 1. The number of anilines is 2. The van der Waals surface area contributed by atoms with Gasteiger partial charge in [-0.3, -0.25) is 44.3 Å². The second-order valence-electron chi connectivity index (χ2n) is 14.1. The summed E-state index contributed by atoms with van der Waals surface area (Å²) in [4.78, 5) is 82.0. The summed E-state index contributed by atoms with van der Waals surface area (Å²) in [5.74, 6) is -2.20. The van der Waals surface area contributed by atoms with E-state index in [4.69, 9.17) is 4.74 Å². The van der Waals surface area contributed by atoms with Gasteiger partial charge in [-0.05, 0) is 63.1 Å². The van der Waals surface area contributed by atoms with Gasteiger partial charge in [0.25, 0.3) is 17.7 Å². The van der Waals surface area contributed by atoms with Gasteiger partial charge in [0.05, 0.1) is 30.0 Å². The van der Waals surface area contributed by atoms with Crippen LogP contribution in [0, 0.1) is 5.82 Å². The first-order chi connectivity index (χ1) is 26.4. The molecule has 2 aromatic carbocycles. The summed E-state index contributed by atoms with van der Waals surface area (Å²) in [6.45, 7) is 4.64. The average molecular weight is 756 g/mol. The highest BCUT2D eigenvalue weighted by atomic mass is 19.1. The Bertz CT molecular complexity index is 2100. The fraction of sp³-hybridized carbons (Fsp3) is 0.395. The molecular formula is C38H42FN9O7. The monoisotopic (exact) mass is 755 g/mol. The Morgan fingerprint density at radius 1 is 1.07 bits per heavy atom. The van der Waals surface area contributed by atoms with E-state index in [0.29, 0.717) is 41.3 Å². The Labute approximate surface area is 316 Å². The molecule has 0 radical (unpaired) electrons. The number of fused-ring (bicyclic) bond motifs is 3. The van der Waals surface area contributed by atoms with Gasteiger partial charge in [0, 0.05) is 63.0 Å². The largest absolute Gasteiger partial charge is 0.489 e. The zero-order valence-electron chi connectivity index (χ0n) is 30.6. The molecule has 17 heteroatoms. The van der Waals surface area contributed by atoms with Gasteiger partial charge in [-0.15, -0.1) is 0 Å². The molecule has 2 bridgehead atoms. The number of amides is 6. The van der Waals surface area contributed by atoms with Gasteiger partial charge >= 0.3 is 0 Å². The minimum atomic E-state index is -1.07. The minimum absolute atomic E-state index is 0.0249. The molecule has 7 rings (SSSR count).